The molecule has 0 amide bonds. The van der Waals surface area contributed by atoms with Crippen molar-refractivity contribution in [3.63, 3.8) is 0 Å². The van der Waals surface area contributed by atoms with Crippen molar-refractivity contribution in [2.24, 2.45) is 4.99 Å². The van der Waals surface area contributed by atoms with Gasteiger partial charge in [0.2, 0.25) is 0 Å². The molecule has 6 heteroatoms. The van der Waals surface area contributed by atoms with Crippen molar-refractivity contribution in [1.29, 1.82) is 0 Å². The van der Waals surface area contributed by atoms with E-state index in [1.807, 2.05) is 30.5 Å². The molecule has 0 spiro atoms. The summed E-state index contributed by atoms with van der Waals surface area (Å²) in [7, 11) is 2.11. The van der Waals surface area contributed by atoms with Crippen molar-refractivity contribution >= 4 is 35.6 Å². The molecule has 0 aliphatic carbocycles. The number of halogens is 1. The van der Waals surface area contributed by atoms with E-state index in [-0.39, 0.29) is 24.0 Å². The van der Waals surface area contributed by atoms with Gasteiger partial charge in [-0.3, -0.25) is 9.98 Å². The highest BCUT2D eigenvalue weighted by Crippen LogP contribution is 2.14. The average molecular weight is 467 g/mol. The highest BCUT2D eigenvalue weighted by molar-refractivity contribution is 14.0. The van der Waals surface area contributed by atoms with Gasteiger partial charge in [-0.25, -0.2) is 0 Å². The van der Waals surface area contributed by atoms with Crippen LogP contribution in [0.2, 0.25) is 0 Å². The Labute approximate surface area is 174 Å². The molecule has 1 unspecified atom stereocenters. The van der Waals surface area contributed by atoms with Crippen LogP contribution in [0.1, 0.15) is 19.5 Å². The zero-order valence-corrected chi connectivity index (χ0v) is 18.2. The van der Waals surface area contributed by atoms with E-state index in [1.165, 1.54) is 5.69 Å². The Bertz CT molecular complexity index is 633. The van der Waals surface area contributed by atoms with Crippen LogP contribution in [0.4, 0.5) is 5.69 Å². The predicted molar refractivity (Wildman–Crippen MR) is 122 cm³/mol. The Balaban J connectivity index is 0.00000338. The van der Waals surface area contributed by atoms with Gasteiger partial charge in [0.05, 0.1) is 6.54 Å². The van der Waals surface area contributed by atoms with Gasteiger partial charge < -0.3 is 15.5 Å². The Hall–Kier alpha value is -1.83. The van der Waals surface area contributed by atoms with Crippen molar-refractivity contribution in [1.82, 2.24) is 15.6 Å². The second-order valence-electron chi connectivity index (χ2n) is 6.01. The predicted octanol–water partition coefficient (Wildman–Crippen LogP) is 3.32. The lowest BCUT2D eigenvalue weighted by Crippen LogP contribution is -2.40. The minimum Gasteiger partial charge on any atom is -0.370 e. The molecule has 0 bridgehead atoms. The van der Waals surface area contributed by atoms with Gasteiger partial charge in [0.1, 0.15) is 0 Å². The molecule has 1 heterocycles. The van der Waals surface area contributed by atoms with Crippen LogP contribution in [0.25, 0.3) is 0 Å². The maximum atomic E-state index is 4.72. The van der Waals surface area contributed by atoms with E-state index in [2.05, 4.69) is 65.7 Å². The number of nitrogens with one attached hydrogen (secondary N) is 2. The summed E-state index contributed by atoms with van der Waals surface area (Å²) in [5.74, 6) is 0.853. The van der Waals surface area contributed by atoms with Gasteiger partial charge >= 0.3 is 0 Å². The van der Waals surface area contributed by atoms with Crippen molar-refractivity contribution in [2.45, 2.75) is 26.3 Å². The van der Waals surface area contributed by atoms with Gasteiger partial charge in [0.15, 0.2) is 5.96 Å². The summed E-state index contributed by atoms with van der Waals surface area (Å²) in [5.41, 5.74) is 2.29. The van der Waals surface area contributed by atoms with Crippen molar-refractivity contribution in [3.05, 3.63) is 60.4 Å². The molecule has 142 valence electrons. The SMILES string of the molecule is CCNC(=NCC(C)N(C)c1ccccc1)NCCc1ccccn1.I. The summed E-state index contributed by atoms with van der Waals surface area (Å²) in [6.45, 7) is 6.65. The molecule has 0 saturated heterocycles. The van der Waals surface area contributed by atoms with E-state index in [0.29, 0.717) is 6.04 Å². The lowest BCUT2D eigenvalue weighted by Gasteiger charge is -2.26. The van der Waals surface area contributed by atoms with Crippen LogP contribution in [0.3, 0.4) is 0 Å². The van der Waals surface area contributed by atoms with Crippen molar-refractivity contribution < 1.29 is 0 Å². The normalized spacial score (nSPS) is 12.0. The Morgan fingerprint density at radius 1 is 1.12 bits per heavy atom. The highest BCUT2D eigenvalue weighted by atomic mass is 127. The topological polar surface area (TPSA) is 52.6 Å². The summed E-state index contributed by atoms with van der Waals surface area (Å²) < 4.78 is 0. The van der Waals surface area contributed by atoms with Gasteiger partial charge in [-0.2, -0.15) is 0 Å². The molecule has 0 radical (unpaired) electrons. The van der Waals surface area contributed by atoms with Crippen LogP contribution >= 0.6 is 24.0 Å². The van der Waals surface area contributed by atoms with E-state index in [9.17, 15) is 0 Å². The third kappa shape index (κ3) is 7.59. The van der Waals surface area contributed by atoms with Crippen LogP contribution in [0.5, 0.6) is 0 Å². The first-order valence-corrected chi connectivity index (χ1v) is 8.90. The Kier molecular flexibility index (Phi) is 10.7. The standard InChI is InChI=1S/C20H29N5.HI/c1-4-21-20(23-15-13-18-10-8-9-14-22-18)24-16-17(2)25(3)19-11-6-5-7-12-19;/h5-12,14,17H,4,13,15-16H2,1-3H3,(H2,21,23,24);1H. The van der Waals surface area contributed by atoms with Crippen LogP contribution in [0.15, 0.2) is 59.7 Å². The largest absolute Gasteiger partial charge is 0.370 e. The number of likely N-dealkylation sites (N-methyl/N-ethyl adjacent to an activating group) is 1. The molecule has 5 nitrogen and oxygen atoms in total. The van der Waals surface area contributed by atoms with Gasteiger partial charge in [-0.1, -0.05) is 24.3 Å². The van der Waals surface area contributed by atoms with E-state index >= 15 is 0 Å². The fourth-order valence-electron chi connectivity index (χ4n) is 2.46. The summed E-state index contributed by atoms with van der Waals surface area (Å²) >= 11 is 0. The fraction of sp³-hybridized carbons (Fsp3) is 0.400. The van der Waals surface area contributed by atoms with Gasteiger partial charge in [-0.05, 0) is 38.1 Å². The Morgan fingerprint density at radius 2 is 1.85 bits per heavy atom. The third-order valence-corrected chi connectivity index (χ3v) is 4.08. The number of hydrogen-bond donors (Lipinski definition) is 2. The molecule has 0 aliphatic rings. The van der Waals surface area contributed by atoms with Gasteiger partial charge in [0, 0.05) is 50.2 Å². The molecule has 2 aromatic rings. The number of benzene rings is 1. The molecule has 2 rings (SSSR count). The van der Waals surface area contributed by atoms with Crippen LogP contribution in [0, 0.1) is 0 Å². The van der Waals surface area contributed by atoms with Crippen LogP contribution in [-0.4, -0.2) is 43.7 Å². The molecule has 2 N–H and O–H groups in total. The molecule has 0 aliphatic heterocycles. The first-order chi connectivity index (χ1) is 12.2. The summed E-state index contributed by atoms with van der Waals surface area (Å²) in [5, 5.41) is 6.69. The smallest absolute Gasteiger partial charge is 0.191 e. The lowest BCUT2D eigenvalue weighted by molar-refractivity contribution is 0.686. The van der Waals surface area contributed by atoms with E-state index < -0.39 is 0 Å². The molecule has 0 saturated carbocycles. The van der Waals surface area contributed by atoms with Gasteiger partial charge in [0.25, 0.3) is 0 Å². The first kappa shape index (κ1) is 22.2. The summed E-state index contributed by atoms with van der Waals surface area (Å²) in [4.78, 5) is 11.3. The minimum atomic E-state index is 0. The molecular weight excluding hydrogens is 437 g/mol. The summed E-state index contributed by atoms with van der Waals surface area (Å²) in [6.07, 6.45) is 2.71. The third-order valence-electron chi connectivity index (χ3n) is 4.08. The van der Waals surface area contributed by atoms with E-state index in [1.54, 1.807) is 0 Å². The van der Waals surface area contributed by atoms with Crippen LogP contribution < -0.4 is 15.5 Å². The first-order valence-electron chi connectivity index (χ1n) is 8.90. The Morgan fingerprint density at radius 3 is 2.50 bits per heavy atom. The fourth-order valence-corrected chi connectivity index (χ4v) is 2.46. The quantitative estimate of drug-likeness (QED) is 0.356. The lowest BCUT2D eigenvalue weighted by atomic mass is 10.2. The zero-order chi connectivity index (χ0) is 17.9. The highest BCUT2D eigenvalue weighted by Gasteiger charge is 2.09. The average Bonchev–Trinajstić information content (AvgIpc) is 2.66. The number of nitrogens with zero attached hydrogens (tertiary/aromatic N) is 3. The maximum Gasteiger partial charge on any atom is 0.191 e. The summed E-state index contributed by atoms with van der Waals surface area (Å²) in [6, 6.07) is 16.7. The van der Waals surface area contributed by atoms with E-state index in [4.69, 9.17) is 4.99 Å². The van der Waals surface area contributed by atoms with E-state index in [0.717, 1.165) is 37.7 Å². The zero-order valence-electron chi connectivity index (χ0n) is 15.9. The number of pyridine rings is 1. The monoisotopic (exact) mass is 467 g/mol. The number of hydrogen-bond acceptors (Lipinski definition) is 3. The minimum absolute atomic E-state index is 0. The molecule has 1 aromatic carbocycles. The maximum absolute atomic E-state index is 4.72. The number of guanidine groups is 1. The van der Waals surface area contributed by atoms with Crippen LogP contribution in [-0.2, 0) is 6.42 Å². The number of anilines is 1. The van der Waals surface area contributed by atoms with Crippen molar-refractivity contribution in [3.8, 4) is 0 Å². The molecule has 0 fully saturated rings. The number of aliphatic imine (C=N–C) groups is 1. The molecule has 1 aromatic heterocycles. The second kappa shape index (κ2) is 12.5. The molecular formula is C20H30IN5. The van der Waals surface area contributed by atoms with Gasteiger partial charge in [-0.15, -0.1) is 24.0 Å². The molecule has 26 heavy (non-hydrogen) atoms. The second-order valence-corrected chi connectivity index (χ2v) is 6.01. The number of para-hydroxylation sites is 1. The molecule has 1 atom stereocenters. The number of rotatable bonds is 8. The number of aromatic nitrogens is 1. The van der Waals surface area contributed by atoms with Crippen molar-refractivity contribution in [2.75, 3.05) is 31.6 Å².